The minimum Gasteiger partial charge on any atom is -0.463 e. The third-order valence-corrected chi connectivity index (χ3v) is 8.84. The number of aliphatic hydroxyl groups excluding tert-OH is 1. The van der Waals surface area contributed by atoms with Crippen LogP contribution in [0.2, 0.25) is 0 Å². The van der Waals surface area contributed by atoms with Gasteiger partial charge in [0.05, 0.1) is 0 Å². The fraction of sp³-hybridized carbons (Fsp3) is 0.949. The van der Waals surface area contributed by atoms with Crippen molar-refractivity contribution in [3.63, 3.8) is 0 Å². The van der Waals surface area contributed by atoms with Gasteiger partial charge in [0.1, 0.15) is 19.3 Å². The SMILES string of the molecule is CCCCCCCCCCCCCCCCCCCC(=O)OCC(O)COC(=O)CCCCCCCCCCCCCCC. The Balaban J connectivity index is 3.37. The maximum atomic E-state index is 12.0. The minimum atomic E-state index is -0.954. The molecule has 0 fully saturated rings. The number of esters is 2. The maximum Gasteiger partial charge on any atom is 0.305 e. The van der Waals surface area contributed by atoms with Gasteiger partial charge in [0.2, 0.25) is 0 Å². The lowest BCUT2D eigenvalue weighted by molar-refractivity contribution is -0.152. The van der Waals surface area contributed by atoms with Gasteiger partial charge in [-0.15, -0.1) is 0 Å². The highest BCUT2D eigenvalue weighted by atomic mass is 16.6. The molecule has 0 aromatic rings. The van der Waals surface area contributed by atoms with Crippen molar-refractivity contribution >= 4 is 11.9 Å². The Morgan fingerprint density at radius 3 is 0.818 bits per heavy atom. The van der Waals surface area contributed by atoms with Gasteiger partial charge in [0, 0.05) is 12.8 Å². The number of aliphatic hydroxyl groups is 1. The highest BCUT2D eigenvalue weighted by molar-refractivity contribution is 5.69. The number of hydrogen-bond donors (Lipinski definition) is 1. The fourth-order valence-corrected chi connectivity index (χ4v) is 5.85. The summed E-state index contributed by atoms with van der Waals surface area (Å²) in [5.74, 6) is -0.551. The fourth-order valence-electron chi connectivity index (χ4n) is 5.85. The van der Waals surface area contributed by atoms with E-state index in [4.69, 9.17) is 9.47 Å². The van der Waals surface area contributed by atoms with Gasteiger partial charge >= 0.3 is 11.9 Å². The topological polar surface area (TPSA) is 72.8 Å². The molecule has 0 rings (SSSR count). The van der Waals surface area contributed by atoms with Crippen LogP contribution < -0.4 is 0 Å². The van der Waals surface area contributed by atoms with Gasteiger partial charge in [0.25, 0.3) is 0 Å². The lowest BCUT2D eigenvalue weighted by Gasteiger charge is -2.12. The average molecular weight is 625 g/mol. The molecule has 0 aromatic heterocycles. The van der Waals surface area contributed by atoms with Crippen LogP contribution in [-0.4, -0.2) is 36.4 Å². The number of ether oxygens (including phenoxy) is 2. The zero-order valence-corrected chi connectivity index (χ0v) is 29.7. The summed E-state index contributed by atoms with van der Waals surface area (Å²) >= 11 is 0. The molecule has 1 unspecified atom stereocenters. The molecule has 0 aliphatic carbocycles. The summed E-state index contributed by atoms with van der Waals surface area (Å²) in [4.78, 5) is 23.9. The second-order valence-corrected chi connectivity index (χ2v) is 13.4. The third-order valence-electron chi connectivity index (χ3n) is 8.84. The van der Waals surface area contributed by atoms with E-state index in [1.54, 1.807) is 0 Å². The molecule has 0 saturated heterocycles. The van der Waals surface area contributed by atoms with Gasteiger partial charge in [-0.1, -0.05) is 194 Å². The van der Waals surface area contributed by atoms with Crippen molar-refractivity contribution in [3.05, 3.63) is 0 Å². The standard InChI is InChI=1S/C39H76O5/c1-3-5-7-9-11-13-15-17-18-19-20-22-24-26-28-30-32-34-39(42)44-36-37(40)35-43-38(41)33-31-29-27-25-23-21-16-14-12-10-8-6-4-2/h37,40H,3-36H2,1-2H3. The van der Waals surface area contributed by atoms with Gasteiger partial charge in [0.15, 0.2) is 0 Å². The number of carbonyl (C=O) groups is 2. The number of hydrogen-bond acceptors (Lipinski definition) is 5. The molecular weight excluding hydrogens is 548 g/mol. The molecule has 0 bridgehead atoms. The Hall–Kier alpha value is -1.10. The lowest BCUT2D eigenvalue weighted by atomic mass is 10.0. The second-order valence-electron chi connectivity index (χ2n) is 13.4. The van der Waals surface area contributed by atoms with E-state index >= 15 is 0 Å². The lowest BCUT2D eigenvalue weighted by Crippen LogP contribution is -2.25. The maximum absolute atomic E-state index is 12.0. The van der Waals surface area contributed by atoms with Gasteiger partial charge in [-0.3, -0.25) is 9.59 Å². The van der Waals surface area contributed by atoms with Crippen LogP contribution >= 0.6 is 0 Å². The number of rotatable bonds is 36. The molecule has 0 aliphatic heterocycles. The van der Waals surface area contributed by atoms with E-state index in [0.29, 0.717) is 12.8 Å². The van der Waals surface area contributed by atoms with E-state index in [2.05, 4.69) is 13.8 Å². The van der Waals surface area contributed by atoms with Gasteiger partial charge in [-0.2, -0.15) is 0 Å². The van der Waals surface area contributed by atoms with E-state index < -0.39 is 6.10 Å². The monoisotopic (exact) mass is 625 g/mol. The largest absolute Gasteiger partial charge is 0.463 e. The summed E-state index contributed by atoms with van der Waals surface area (Å²) in [5.41, 5.74) is 0. The van der Waals surface area contributed by atoms with Crippen LogP contribution in [0, 0.1) is 0 Å². The summed E-state index contributed by atoms with van der Waals surface area (Å²) in [6.45, 7) is 4.32. The first-order chi connectivity index (χ1) is 21.6. The predicted molar refractivity (Wildman–Crippen MR) is 187 cm³/mol. The van der Waals surface area contributed by atoms with E-state index in [1.807, 2.05) is 0 Å². The van der Waals surface area contributed by atoms with Gasteiger partial charge in [-0.05, 0) is 12.8 Å². The van der Waals surface area contributed by atoms with E-state index in [9.17, 15) is 14.7 Å². The Kier molecular flexibility index (Phi) is 35.5. The molecule has 5 heteroatoms. The van der Waals surface area contributed by atoms with Crippen molar-refractivity contribution in [2.45, 2.75) is 225 Å². The zero-order chi connectivity index (χ0) is 32.2. The summed E-state index contributed by atoms with van der Waals surface area (Å²) in [7, 11) is 0. The minimum absolute atomic E-state index is 0.107. The van der Waals surface area contributed by atoms with Crippen molar-refractivity contribution in [2.75, 3.05) is 13.2 Å². The second kappa shape index (κ2) is 36.4. The molecule has 0 heterocycles. The third kappa shape index (κ3) is 35.4. The van der Waals surface area contributed by atoms with Crippen LogP contribution in [0.4, 0.5) is 0 Å². The van der Waals surface area contributed by atoms with E-state index in [0.717, 1.165) is 25.7 Å². The van der Waals surface area contributed by atoms with Gasteiger partial charge < -0.3 is 14.6 Å². The molecule has 262 valence electrons. The highest BCUT2D eigenvalue weighted by Crippen LogP contribution is 2.15. The quantitative estimate of drug-likeness (QED) is 0.0554. The smallest absolute Gasteiger partial charge is 0.305 e. The molecule has 44 heavy (non-hydrogen) atoms. The van der Waals surface area contributed by atoms with Crippen LogP contribution in [0.15, 0.2) is 0 Å². The Bertz CT molecular complexity index is 593. The Labute approximate surface area is 274 Å². The van der Waals surface area contributed by atoms with E-state index in [1.165, 1.54) is 167 Å². The molecule has 1 N–H and O–H groups in total. The summed E-state index contributed by atoms with van der Waals surface area (Å²) in [6.07, 6.45) is 38.7. The van der Waals surface area contributed by atoms with Crippen LogP contribution in [0.3, 0.4) is 0 Å². The van der Waals surface area contributed by atoms with E-state index in [-0.39, 0.29) is 25.2 Å². The molecule has 5 nitrogen and oxygen atoms in total. The molecule has 0 aromatic carbocycles. The van der Waals surface area contributed by atoms with Crippen LogP contribution in [0.1, 0.15) is 219 Å². The Morgan fingerprint density at radius 2 is 0.591 bits per heavy atom. The molecule has 0 spiro atoms. The Morgan fingerprint density at radius 1 is 0.386 bits per heavy atom. The molecule has 0 radical (unpaired) electrons. The first-order valence-electron chi connectivity index (χ1n) is 19.6. The molecule has 1 atom stereocenters. The van der Waals surface area contributed by atoms with Crippen molar-refractivity contribution in [1.82, 2.24) is 0 Å². The van der Waals surface area contributed by atoms with Crippen molar-refractivity contribution in [1.29, 1.82) is 0 Å². The summed E-state index contributed by atoms with van der Waals surface area (Å²) < 4.78 is 10.3. The molecule has 0 saturated carbocycles. The number of carbonyl (C=O) groups excluding carboxylic acids is 2. The molecular formula is C39H76O5. The zero-order valence-electron chi connectivity index (χ0n) is 29.7. The molecule has 0 amide bonds. The average Bonchev–Trinajstić information content (AvgIpc) is 3.02. The first-order valence-corrected chi connectivity index (χ1v) is 19.6. The first kappa shape index (κ1) is 42.9. The van der Waals surface area contributed by atoms with Crippen LogP contribution in [0.5, 0.6) is 0 Å². The summed E-state index contributed by atoms with van der Waals surface area (Å²) in [6, 6.07) is 0. The normalized spacial score (nSPS) is 12.0. The predicted octanol–water partition coefficient (Wildman–Crippen LogP) is 12.0. The van der Waals surface area contributed by atoms with Crippen molar-refractivity contribution < 1.29 is 24.2 Å². The number of unbranched alkanes of at least 4 members (excludes halogenated alkanes) is 28. The molecule has 0 aliphatic rings. The van der Waals surface area contributed by atoms with Gasteiger partial charge in [-0.25, -0.2) is 0 Å². The highest BCUT2D eigenvalue weighted by Gasteiger charge is 2.12. The van der Waals surface area contributed by atoms with Crippen molar-refractivity contribution in [3.8, 4) is 0 Å². The van der Waals surface area contributed by atoms with Crippen LogP contribution in [0.25, 0.3) is 0 Å². The summed E-state index contributed by atoms with van der Waals surface area (Å²) in [5, 5.41) is 10.00. The van der Waals surface area contributed by atoms with Crippen LogP contribution in [-0.2, 0) is 19.1 Å². The van der Waals surface area contributed by atoms with Crippen molar-refractivity contribution in [2.24, 2.45) is 0 Å².